The van der Waals surface area contributed by atoms with Crippen LogP contribution in [0.4, 0.5) is 0 Å². The van der Waals surface area contributed by atoms with Crippen LogP contribution in [-0.2, 0) is 6.42 Å². The number of aromatic amines is 1. The Kier molecular flexibility index (Phi) is 3.25. The van der Waals surface area contributed by atoms with E-state index in [1.165, 1.54) is 0 Å². The lowest BCUT2D eigenvalue weighted by molar-refractivity contribution is 0.331. The van der Waals surface area contributed by atoms with Gasteiger partial charge in [0.15, 0.2) is 5.75 Å². The second-order valence-corrected chi connectivity index (χ2v) is 3.74. The van der Waals surface area contributed by atoms with Crippen molar-refractivity contribution in [2.75, 3.05) is 0 Å². The van der Waals surface area contributed by atoms with Crippen molar-refractivity contribution >= 4 is 0 Å². The highest BCUT2D eigenvalue weighted by molar-refractivity contribution is 5.65. The molecule has 0 bridgehead atoms. The quantitative estimate of drug-likeness (QED) is 0.791. The molecule has 0 fully saturated rings. The van der Waals surface area contributed by atoms with Crippen LogP contribution in [0.15, 0.2) is 41.3 Å². The average Bonchev–Trinajstić information content (AvgIpc) is 2.38. The molecular formula is C13H14N2O2. The van der Waals surface area contributed by atoms with Gasteiger partial charge in [0.2, 0.25) is 5.56 Å². The Morgan fingerprint density at radius 3 is 2.65 bits per heavy atom. The number of pyridine rings is 1. The van der Waals surface area contributed by atoms with Gasteiger partial charge in [-0.1, -0.05) is 19.1 Å². The summed E-state index contributed by atoms with van der Waals surface area (Å²) in [5, 5.41) is 0. The van der Waals surface area contributed by atoms with E-state index in [2.05, 4.69) is 4.98 Å². The third kappa shape index (κ3) is 2.37. The van der Waals surface area contributed by atoms with Gasteiger partial charge in [0.1, 0.15) is 0 Å². The minimum atomic E-state index is -0.128. The van der Waals surface area contributed by atoms with Crippen molar-refractivity contribution in [3.8, 4) is 16.9 Å². The summed E-state index contributed by atoms with van der Waals surface area (Å²) in [5.41, 5.74) is 2.67. The number of aromatic nitrogens is 1. The number of hydrogen-bond donors (Lipinski definition) is 2. The lowest BCUT2D eigenvalue weighted by atomic mass is 10.0. The minimum Gasteiger partial charge on any atom is -0.411 e. The highest BCUT2D eigenvalue weighted by atomic mass is 16.6. The minimum absolute atomic E-state index is 0.128. The Bertz CT molecular complexity index is 576. The summed E-state index contributed by atoms with van der Waals surface area (Å²) < 4.78 is 0. The van der Waals surface area contributed by atoms with Gasteiger partial charge in [-0.15, -0.1) is 0 Å². The maximum Gasteiger partial charge on any atom is 0.248 e. The molecule has 0 unspecified atom stereocenters. The smallest absolute Gasteiger partial charge is 0.248 e. The number of rotatable bonds is 3. The molecule has 0 atom stereocenters. The number of H-pyrrole nitrogens is 1. The third-order valence-corrected chi connectivity index (χ3v) is 2.68. The molecule has 0 amide bonds. The van der Waals surface area contributed by atoms with E-state index in [1.54, 1.807) is 12.3 Å². The monoisotopic (exact) mass is 230 g/mol. The van der Waals surface area contributed by atoms with E-state index in [9.17, 15) is 4.79 Å². The molecule has 0 aliphatic rings. The number of nitrogens with one attached hydrogen (secondary N) is 1. The molecule has 0 spiro atoms. The average molecular weight is 230 g/mol. The van der Waals surface area contributed by atoms with Crippen molar-refractivity contribution in [3.63, 3.8) is 0 Å². The lowest BCUT2D eigenvalue weighted by Crippen LogP contribution is -2.05. The molecule has 0 aliphatic carbocycles. The first-order valence-electron chi connectivity index (χ1n) is 5.43. The second-order valence-electron chi connectivity index (χ2n) is 3.74. The van der Waals surface area contributed by atoms with Crippen molar-refractivity contribution in [3.05, 3.63) is 52.4 Å². The van der Waals surface area contributed by atoms with Crippen molar-refractivity contribution in [1.82, 2.24) is 4.98 Å². The molecule has 0 saturated carbocycles. The molecule has 1 heterocycles. The summed E-state index contributed by atoms with van der Waals surface area (Å²) in [4.78, 5) is 18.7. The summed E-state index contributed by atoms with van der Waals surface area (Å²) in [6, 6.07) is 9.13. The van der Waals surface area contributed by atoms with E-state index >= 15 is 0 Å². The summed E-state index contributed by atoms with van der Waals surface area (Å²) >= 11 is 0. The molecule has 3 N–H and O–H groups in total. The topological polar surface area (TPSA) is 68.1 Å². The normalized spacial score (nSPS) is 10.2. The van der Waals surface area contributed by atoms with E-state index in [0.717, 1.165) is 23.1 Å². The zero-order valence-electron chi connectivity index (χ0n) is 9.57. The number of aryl methyl sites for hydroxylation is 1. The number of benzene rings is 1. The molecule has 17 heavy (non-hydrogen) atoms. The van der Waals surface area contributed by atoms with Crippen molar-refractivity contribution < 1.29 is 4.84 Å². The van der Waals surface area contributed by atoms with Crippen molar-refractivity contribution in [2.45, 2.75) is 13.3 Å². The maximum atomic E-state index is 11.2. The van der Waals surface area contributed by atoms with E-state index in [1.807, 2.05) is 31.2 Å². The summed E-state index contributed by atoms with van der Waals surface area (Å²) in [6.07, 6.45) is 2.47. The predicted octanol–water partition coefficient (Wildman–Crippen LogP) is 1.86. The van der Waals surface area contributed by atoms with Gasteiger partial charge in [-0.3, -0.25) is 4.79 Å². The fourth-order valence-corrected chi connectivity index (χ4v) is 1.76. The number of nitrogens with two attached hydrogens (primary N) is 1. The van der Waals surface area contributed by atoms with Gasteiger partial charge < -0.3 is 9.82 Å². The fraction of sp³-hybridized carbons (Fsp3) is 0.154. The molecule has 0 radical (unpaired) electrons. The van der Waals surface area contributed by atoms with Crippen LogP contribution >= 0.6 is 0 Å². The van der Waals surface area contributed by atoms with E-state index in [4.69, 9.17) is 10.7 Å². The lowest BCUT2D eigenvalue weighted by Gasteiger charge is -2.08. The standard InChI is InChI=1S/C13H14N2O2/c1-2-9-3-4-10(7-12(9)17-14)11-5-6-15-13(16)8-11/h3-8H,2,14H2,1H3,(H,15,16). The Labute approximate surface area is 99.0 Å². The Hall–Kier alpha value is -2.07. The molecular weight excluding hydrogens is 216 g/mol. The fourth-order valence-electron chi connectivity index (χ4n) is 1.76. The first-order chi connectivity index (χ1) is 8.24. The van der Waals surface area contributed by atoms with E-state index in [0.29, 0.717) is 5.75 Å². The van der Waals surface area contributed by atoms with Crippen LogP contribution in [0.25, 0.3) is 11.1 Å². The molecule has 4 nitrogen and oxygen atoms in total. The highest BCUT2D eigenvalue weighted by Crippen LogP contribution is 2.26. The van der Waals surface area contributed by atoms with Crippen molar-refractivity contribution in [2.24, 2.45) is 5.90 Å². The Balaban J connectivity index is 2.50. The Morgan fingerprint density at radius 2 is 2.00 bits per heavy atom. The van der Waals surface area contributed by atoms with Crippen LogP contribution < -0.4 is 16.3 Å². The molecule has 0 saturated heterocycles. The van der Waals surface area contributed by atoms with Gasteiger partial charge in [-0.2, -0.15) is 5.90 Å². The van der Waals surface area contributed by atoms with E-state index in [-0.39, 0.29) is 5.56 Å². The van der Waals surface area contributed by atoms with Crippen LogP contribution in [0.3, 0.4) is 0 Å². The van der Waals surface area contributed by atoms with Crippen LogP contribution in [0, 0.1) is 0 Å². The maximum absolute atomic E-state index is 11.2. The molecule has 2 rings (SSSR count). The van der Waals surface area contributed by atoms with Crippen LogP contribution in [0.5, 0.6) is 5.75 Å². The molecule has 2 aromatic rings. The summed E-state index contributed by atoms with van der Waals surface area (Å²) in [7, 11) is 0. The summed E-state index contributed by atoms with van der Waals surface area (Å²) in [5.74, 6) is 5.88. The first-order valence-corrected chi connectivity index (χ1v) is 5.43. The highest BCUT2D eigenvalue weighted by Gasteiger charge is 2.05. The molecule has 1 aromatic heterocycles. The van der Waals surface area contributed by atoms with Crippen LogP contribution in [0.1, 0.15) is 12.5 Å². The van der Waals surface area contributed by atoms with Gasteiger partial charge in [0, 0.05) is 12.3 Å². The Morgan fingerprint density at radius 1 is 1.24 bits per heavy atom. The zero-order valence-corrected chi connectivity index (χ0v) is 9.57. The third-order valence-electron chi connectivity index (χ3n) is 2.68. The second kappa shape index (κ2) is 4.84. The molecule has 1 aromatic carbocycles. The van der Waals surface area contributed by atoms with Gasteiger partial charge in [0.05, 0.1) is 0 Å². The summed E-state index contributed by atoms with van der Waals surface area (Å²) in [6.45, 7) is 2.03. The zero-order chi connectivity index (χ0) is 12.3. The van der Waals surface area contributed by atoms with Crippen LogP contribution in [0.2, 0.25) is 0 Å². The van der Waals surface area contributed by atoms with Gasteiger partial charge >= 0.3 is 0 Å². The van der Waals surface area contributed by atoms with Gasteiger partial charge in [0.25, 0.3) is 0 Å². The molecule has 0 aliphatic heterocycles. The van der Waals surface area contributed by atoms with Crippen LogP contribution in [-0.4, -0.2) is 4.98 Å². The largest absolute Gasteiger partial charge is 0.411 e. The SMILES string of the molecule is CCc1ccc(-c2cc[nH]c(=O)c2)cc1ON. The first kappa shape index (κ1) is 11.4. The van der Waals surface area contributed by atoms with Gasteiger partial charge in [-0.05, 0) is 35.2 Å². The molecule has 4 heteroatoms. The van der Waals surface area contributed by atoms with Gasteiger partial charge in [-0.25, -0.2) is 0 Å². The number of hydrogen-bond acceptors (Lipinski definition) is 3. The van der Waals surface area contributed by atoms with Crippen molar-refractivity contribution in [1.29, 1.82) is 0 Å². The predicted molar refractivity (Wildman–Crippen MR) is 66.7 cm³/mol. The van der Waals surface area contributed by atoms with E-state index < -0.39 is 0 Å². The molecule has 88 valence electrons.